The molecule has 108 valence electrons. The topological polar surface area (TPSA) is 30.5 Å². The Morgan fingerprint density at radius 2 is 2.16 bits per heavy atom. The van der Waals surface area contributed by atoms with Crippen LogP contribution in [0.3, 0.4) is 0 Å². The van der Waals surface area contributed by atoms with Crippen LogP contribution in [0.1, 0.15) is 24.8 Å². The summed E-state index contributed by atoms with van der Waals surface area (Å²) in [5.74, 6) is 1.70. The quantitative estimate of drug-likeness (QED) is 0.815. The van der Waals surface area contributed by atoms with Gasteiger partial charge in [-0.1, -0.05) is 18.2 Å². The molecule has 1 atom stereocenters. The van der Waals surface area contributed by atoms with Crippen molar-refractivity contribution in [2.45, 2.75) is 25.9 Å². The van der Waals surface area contributed by atoms with Gasteiger partial charge in [0.15, 0.2) is 0 Å². The summed E-state index contributed by atoms with van der Waals surface area (Å²) in [7, 11) is 1.70. The predicted octanol–water partition coefficient (Wildman–Crippen LogP) is 3.02. The van der Waals surface area contributed by atoms with Crippen LogP contribution in [0.4, 0.5) is 0 Å². The number of hydrogen-bond acceptors (Lipinski definition) is 3. The standard InChI is InChI=1S/C15H23NO2.ClH/c1-17-15-7-3-2-6-14(15)12-18-10-8-13-5-4-9-16-11-13;/h2-3,6-7,13,16H,4-5,8-12H2,1H3;1H. The smallest absolute Gasteiger partial charge is 0.124 e. The first-order valence-corrected chi connectivity index (χ1v) is 6.80. The zero-order chi connectivity index (χ0) is 12.6. The van der Waals surface area contributed by atoms with E-state index in [1.165, 1.54) is 19.4 Å². The van der Waals surface area contributed by atoms with Crippen LogP contribution < -0.4 is 10.1 Å². The maximum absolute atomic E-state index is 5.76. The van der Waals surface area contributed by atoms with E-state index in [4.69, 9.17) is 9.47 Å². The van der Waals surface area contributed by atoms with Gasteiger partial charge in [-0.3, -0.25) is 0 Å². The Labute approximate surface area is 122 Å². The zero-order valence-corrected chi connectivity index (χ0v) is 12.4. The first-order valence-electron chi connectivity index (χ1n) is 6.80. The molecule has 1 aliphatic rings. The molecule has 3 nitrogen and oxygen atoms in total. The second kappa shape index (κ2) is 9.18. The molecule has 1 unspecified atom stereocenters. The van der Waals surface area contributed by atoms with Gasteiger partial charge in [0.25, 0.3) is 0 Å². The highest BCUT2D eigenvalue weighted by Gasteiger charge is 2.12. The summed E-state index contributed by atoms with van der Waals surface area (Å²) >= 11 is 0. The van der Waals surface area contributed by atoms with E-state index >= 15 is 0 Å². The van der Waals surface area contributed by atoms with Gasteiger partial charge in [-0.25, -0.2) is 0 Å². The Morgan fingerprint density at radius 3 is 2.89 bits per heavy atom. The van der Waals surface area contributed by atoms with Gasteiger partial charge in [0.2, 0.25) is 0 Å². The summed E-state index contributed by atoms with van der Waals surface area (Å²) in [4.78, 5) is 0. The van der Waals surface area contributed by atoms with E-state index in [1.807, 2.05) is 18.2 Å². The van der Waals surface area contributed by atoms with Crippen molar-refractivity contribution in [3.63, 3.8) is 0 Å². The number of hydrogen-bond donors (Lipinski definition) is 1. The van der Waals surface area contributed by atoms with Gasteiger partial charge < -0.3 is 14.8 Å². The molecular weight excluding hydrogens is 262 g/mol. The van der Waals surface area contributed by atoms with Gasteiger partial charge in [-0.2, -0.15) is 0 Å². The fourth-order valence-corrected chi connectivity index (χ4v) is 2.42. The zero-order valence-electron chi connectivity index (χ0n) is 11.6. The number of piperidine rings is 1. The number of rotatable bonds is 6. The van der Waals surface area contributed by atoms with Crippen molar-refractivity contribution >= 4 is 12.4 Å². The SMILES string of the molecule is COc1ccccc1COCCC1CCCNC1.Cl. The van der Waals surface area contributed by atoms with Crippen LogP contribution in [-0.2, 0) is 11.3 Å². The fraction of sp³-hybridized carbons (Fsp3) is 0.600. The largest absolute Gasteiger partial charge is 0.496 e. The van der Waals surface area contributed by atoms with Gasteiger partial charge in [0.05, 0.1) is 13.7 Å². The van der Waals surface area contributed by atoms with Crippen molar-refractivity contribution in [2.75, 3.05) is 26.8 Å². The Morgan fingerprint density at radius 1 is 1.32 bits per heavy atom. The number of halogens is 1. The van der Waals surface area contributed by atoms with E-state index in [2.05, 4.69) is 11.4 Å². The highest BCUT2D eigenvalue weighted by molar-refractivity contribution is 5.85. The molecule has 0 amide bonds. The minimum Gasteiger partial charge on any atom is -0.496 e. The molecule has 1 N–H and O–H groups in total. The van der Waals surface area contributed by atoms with E-state index in [9.17, 15) is 0 Å². The normalized spacial score (nSPS) is 18.7. The summed E-state index contributed by atoms with van der Waals surface area (Å²) < 4.78 is 11.1. The van der Waals surface area contributed by atoms with Crippen LogP contribution in [0.2, 0.25) is 0 Å². The summed E-state index contributed by atoms with van der Waals surface area (Å²) in [6.45, 7) is 3.81. The third-order valence-corrected chi connectivity index (χ3v) is 3.52. The Balaban J connectivity index is 0.00000180. The van der Waals surface area contributed by atoms with Crippen molar-refractivity contribution in [2.24, 2.45) is 5.92 Å². The number of methoxy groups -OCH3 is 1. The first-order chi connectivity index (χ1) is 8.90. The molecule has 0 aliphatic carbocycles. The summed E-state index contributed by atoms with van der Waals surface area (Å²) in [5, 5.41) is 3.44. The van der Waals surface area contributed by atoms with Crippen LogP contribution in [0.5, 0.6) is 5.75 Å². The molecule has 1 heterocycles. The molecule has 1 fully saturated rings. The van der Waals surface area contributed by atoms with Crippen molar-refractivity contribution in [3.05, 3.63) is 29.8 Å². The second-order valence-electron chi connectivity index (χ2n) is 4.87. The van der Waals surface area contributed by atoms with Gasteiger partial charge in [0, 0.05) is 12.2 Å². The average Bonchev–Trinajstić information content (AvgIpc) is 2.45. The second-order valence-corrected chi connectivity index (χ2v) is 4.87. The van der Waals surface area contributed by atoms with Crippen molar-refractivity contribution in [3.8, 4) is 5.75 Å². The maximum Gasteiger partial charge on any atom is 0.124 e. The molecule has 2 rings (SSSR count). The van der Waals surface area contributed by atoms with Gasteiger partial charge in [0.1, 0.15) is 5.75 Å². The third-order valence-electron chi connectivity index (χ3n) is 3.52. The van der Waals surface area contributed by atoms with Crippen molar-refractivity contribution in [1.29, 1.82) is 0 Å². The predicted molar refractivity (Wildman–Crippen MR) is 80.1 cm³/mol. The minimum absolute atomic E-state index is 0. The monoisotopic (exact) mass is 285 g/mol. The lowest BCUT2D eigenvalue weighted by Crippen LogP contribution is -2.30. The summed E-state index contributed by atoms with van der Waals surface area (Å²) in [6.07, 6.45) is 3.80. The van der Waals surface area contributed by atoms with E-state index in [0.717, 1.165) is 36.8 Å². The summed E-state index contributed by atoms with van der Waals surface area (Å²) in [5.41, 5.74) is 1.13. The number of ether oxygens (including phenoxy) is 2. The average molecular weight is 286 g/mol. The van der Waals surface area contributed by atoms with Crippen LogP contribution in [0.15, 0.2) is 24.3 Å². The van der Waals surface area contributed by atoms with Crippen LogP contribution >= 0.6 is 12.4 Å². The Bertz CT molecular complexity index is 354. The van der Waals surface area contributed by atoms with Crippen molar-refractivity contribution < 1.29 is 9.47 Å². The van der Waals surface area contributed by atoms with Gasteiger partial charge in [-0.15, -0.1) is 12.4 Å². The maximum atomic E-state index is 5.76. The van der Waals surface area contributed by atoms with Crippen LogP contribution in [0.25, 0.3) is 0 Å². The molecule has 0 saturated carbocycles. The number of para-hydroxylation sites is 1. The summed E-state index contributed by atoms with van der Waals surface area (Å²) in [6, 6.07) is 8.03. The van der Waals surface area contributed by atoms with E-state index in [1.54, 1.807) is 7.11 Å². The molecule has 1 aromatic rings. The molecule has 0 radical (unpaired) electrons. The van der Waals surface area contributed by atoms with Gasteiger partial charge >= 0.3 is 0 Å². The highest BCUT2D eigenvalue weighted by atomic mass is 35.5. The molecule has 19 heavy (non-hydrogen) atoms. The van der Waals surface area contributed by atoms with E-state index < -0.39 is 0 Å². The number of nitrogens with one attached hydrogen (secondary N) is 1. The highest BCUT2D eigenvalue weighted by Crippen LogP contribution is 2.19. The molecule has 1 saturated heterocycles. The lowest BCUT2D eigenvalue weighted by atomic mass is 9.97. The molecule has 4 heteroatoms. The lowest BCUT2D eigenvalue weighted by molar-refractivity contribution is 0.102. The Kier molecular flexibility index (Phi) is 7.87. The minimum atomic E-state index is 0. The lowest BCUT2D eigenvalue weighted by Gasteiger charge is -2.22. The molecule has 1 aliphatic heterocycles. The Hall–Kier alpha value is -0.770. The molecule has 0 spiro atoms. The third kappa shape index (κ3) is 5.39. The van der Waals surface area contributed by atoms with Gasteiger partial charge in [-0.05, 0) is 44.3 Å². The van der Waals surface area contributed by atoms with Crippen LogP contribution in [-0.4, -0.2) is 26.8 Å². The first kappa shape index (κ1) is 16.3. The molecular formula is C15H24ClNO2. The van der Waals surface area contributed by atoms with E-state index in [0.29, 0.717) is 6.61 Å². The molecule has 0 bridgehead atoms. The van der Waals surface area contributed by atoms with E-state index in [-0.39, 0.29) is 12.4 Å². The molecule has 1 aromatic carbocycles. The number of benzene rings is 1. The van der Waals surface area contributed by atoms with Crippen LogP contribution in [0, 0.1) is 5.92 Å². The molecule has 0 aromatic heterocycles. The van der Waals surface area contributed by atoms with Crippen molar-refractivity contribution in [1.82, 2.24) is 5.32 Å². The fourth-order valence-electron chi connectivity index (χ4n) is 2.42.